The molecule has 2 aromatic rings. The lowest BCUT2D eigenvalue weighted by Gasteiger charge is -2.04. The van der Waals surface area contributed by atoms with Crippen molar-refractivity contribution < 1.29 is 9.53 Å². The molecule has 2 aromatic heterocycles. The Morgan fingerprint density at radius 2 is 2.28 bits per heavy atom. The van der Waals surface area contributed by atoms with E-state index < -0.39 is 0 Å². The number of methoxy groups -OCH3 is 1. The molecule has 2 rings (SSSR count). The normalized spacial score (nSPS) is 10.2. The third-order valence-electron chi connectivity index (χ3n) is 1.94. The van der Waals surface area contributed by atoms with Crippen LogP contribution in [0.5, 0.6) is 5.88 Å². The van der Waals surface area contributed by atoms with E-state index in [1.807, 2.05) is 0 Å². The summed E-state index contributed by atoms with van der Waals surface area (Å²) in [7, 11) is 1.46. The van der Waals surface area contributed by atoms with E-state index in [9.17, 15) is 4.79 Å². The summed E-state index contributed by atoms with van der Waals surface area (Å²) in [6.45, 7) is 0. The highest BCUT2D eigenvalue weighted by Crippen LogP contribution is 2.19. The first-order valence-corrected chi connectivity index (χ1v) is 7.06. The zero-order valence-corrected chi connectivity index (χ0v) is 12.8. The van der Waals surface area contributed by atoms with E-state index in [1.165, 1.54) is 24.5 Å². The van der Waals surface area contributed by atoms with E-state index in [4.69, 9.17) is 16.3 Å². The van der Waals surface area contributed by atoms with Crippen LogP contribution in [0.3, 0.4) is 0 Å². The van der Waals surface area contributed by atoms with Gasteiger partial charge in [0, 0.05) is 11.4 Å². The van der Waals surface area contributed by atoms with E-state index in [0.717, 1.165) is 2.88 Å². The van der Waals surface area contributed by atoms with Crippen LogP contribution in [-0.2, 0) is 0 Å². The summed E-state index contributed by atoms with van der Waals surface area (Å²) in [5, 5.41) is 4.53. The Hall–Kier alpha value is -0.930. The molecule has 0 spiro atoms. The fourth-order valence-electron chi connectivity index (χ4n) is 1.16. The number of hydrogen-bond donors (Lipinski definition) is 1. The molecule has 0 atom stereocenters. The maximum absolute atomic E-state index is 11.9. The fraction of sp³-hybridized carbons (Fsp3) is 0.100. The van der Waals surface area contributed by atoms with Gasteiger partial charge in [0.2, 0.25) is 11.8 Å². The maximum atomic E-state index is 11.9. The number of nitrogens with zero attached hydrogens (tertiary/aromatic N) is 2. The van der Waals surface area contributed by atoms with Gasteiger partial charge in [-0.1, -0.05) is 11.6 Å². The molecule has 0 unspecified atom stereocenters. The minimum absolute atomic E-state index is 0.116. The maximum Gasteiger partial charge on any atom is 0.258 e. The Morgan fingerprint density at radius 1 is 1.50 bits per heavy atom. The third kappa shape index (κ3) is 3.30. The number of halogens is 2. The van der Waals surface area contributed by atoms with Gasteiger partial charge in [-0.2, -0.15) is 4.98 Å². The van der Waals surface area contributed by atoms with Gasteiger partial charge in [-0.25, -0.2) is 4.98 Å². The van der Waals surface area contributed by atoms with Gasteiger partial charge in [0.25, 0.3) is 5.91 Å². The third-order valence-corrected chi connectivity index (χ3v) is 3.92. The summed E-state index contributed by atoms with van der Waals surface area (Å²) in [5.74, 6) is 0.134. The van der Waals surface area contributed by atoms with Crippen molar-refractivity contribution in [2.24, 2.45) is 0 Å². The number of thiophene rings is 1. The van der Waals surface area contributed by atoms with Gasteiger partial charge < -0.3 is 4.74 Å². The number of ether oxygens (including phenoxy) is 1. The van der Waals surface area contributed by atoms with E-state index in [-0.39, 0.29) is 17.0 Å². The summed E-state index contributed by atoms with van der Waals surface area (Å²) in [5.41, 5.74) is 0.562. The van der Waals surface area contributed by atoms with Crippen LogP contribution in [-0.4, -0.2) is 23.0 Å². The highest BCUT2D eigenvalue weighted by atomic mass is 127. The lowest BCUT2D eigenvalue weighted by molar-refractivity contribution is 0.102. The van der Waals surface area contributed by atoms with Crippen LogP contribution in [0.2, 0.25) is 5.15 Å². The predicted molar refractivity (Wildman–Crippen MR) is 78.6 cm³/mol. The van der Waals surface area contributed by atoms with Crippen LogP contribution in [0, 0.1) is 2.88 Å². The topological polar surface area (TPSA) is 64.1 Å². The number of rotatable bonds is 3. The van der Waals surface area contributed by atoms with Crippen LogP contribution in [0.15, 0.2) is 17.5 Å². The molecular formula is C10H7ClIN3O2S. The van der Waals surface area contributed by atoms with Gasteiger partial charge in [-0.15, -0.1) is 11.3 Å². The number of aromatic nitrogens is 2. The zero-order chi connectivity index (χ0) is 13.1. The van der Waals surface area contributed by atoms with Crippen molar-refractivity contribution in [3.05, 3.63) is 31.1 Å². The van der Waals surface area contributed by atoms with Gasteiger partial charge in [0.15, 0.2) is 0 Å². The Labute approximate surface area is 126 Å². The molecule has 0 aliphatic carbocycles. The Kier molecular flexibility index (Phi) is 4.36. The highest BCUT2D eigenvalue weighted by molar-refractivity contribution is 14.1. The molecule has 18 heavy (non-hydrogen) atoms. The Balaban J connectivity index is 2.18. The molecule has 0 fully saturated rings. The molecule has 94 valence electrons. The van der Waals surface area contributed by atoms with Crippen LogP contribution >= 0.6 is 45.5 Å². The summed E-state index contributed by atoms with van der Waals surface area (Å²) in [4.78, 5) is 19.7. The molecule has 0 radical (unpaired) electrons. The molecule has 2 heterocycles. The highest BCUT2D eigenvalue weighted by Gasteiger charge is 2.11. The number of carbonyl (C=O) groups is 1. The largest absolute Gasteiger partial charge is 0.481 e. The van der Waals surface area contributed by atoms with Gasteiger partial charge in [-0.05, 0) is 28.7 Å². The van der Waals surface area contributed by atoms with Gasteiger partial charge in [-0.3, -0.25) is 10.1 Å². The fourth-order valence-corrected chi connectivity index (χ4v) is 2.66. The summed E-state index contributed by atoms with van der Waals surface area (Å²) >= 11 is 9.42. The monoisotopic (exact) mass is 395 g/mol. The van der Waals surface area contributed by atoms with Crippen molar-refractivity contribution in [3.8, 4) is 5.88 Å². The molecule has 0 saturated heterocycles. The number of hydrogen-bond acceptors (Lipinski definition) is 5. The molecule has 0 aromatic carbocycles. The summed E-state index contributed by atoms with van der Waals surface area (Å²) < 4.78 is 5.97. The standard InChI is InChI=1S/C10H7ClIN3O2S/c1-17-8-3-6(11)13-10(14-8)15-9(16)5-2-7(12)18-4-5/h2-4H,1H3,(H,13,14,15,16). The second-order valence-electron chi connectivity index (χ2n) is 3.15. The summed E-state index contributed by atoms with van der Waals surface area (Å²) in [6, 6.07) is 3.24. The van der Waals surface area contributed by atoms with Crippen molar-refractivity contribution in [1.82, 2.24) is 9.97 Å². The first-order valence-electron chi connectivity index (χ1n) is 4.72. The predicted octanol–water partition coefficient (Wildman–Crippen LogP) is 3.06. The zero-order valence-electron chi connectivity index (χ0n) is 9.11. The van der Waals surface area contributed by atoms with E-state index in [0.29, 0.717) is 11.4 Å². The average Bonchev–Trinajstić information content (AvgIpc) is 2.75. The minimum atomic E-state index is -0.279. The first-order chi connectivity index (χ1) is 8.58. The molecule has 1 N–H and O–H groups in total. The molecule has 1 amide bonds. The van der Waals surface area contributed by atoms with Gasteiger partial charge in [0.1, 0.15) is 5.15 Å². The number of nitrogens with one attached hydrogen (secondary N) is 1. The number of carbonyl (C=O) groups excluding carboxylic acids is 1. The lowest BCUT2D eigenvalue weighted by Crippen LogP contribution is -2.13. The summed E-state index contributed by atoms with van der Waals surface area (Å²) in [6.07, 6.45) is 0. The van der Waals surface area contributed by atoms with Crippen molar-refractivity contribution in [3.63, 3.8) is 0 Å². The quantitative estimate of drug-likeness (QED) is 0.641. The van der Waals surface area contributed by atoms with Crippen LogP contribution in [0.1, 0.15) is 10.4 Å². The molecule has 8 heteroatoms. The van der Waals surface area contributed by atoms with Crippen molar-refractivity contribution in [2.45, 2.75) is 0 Å². The van der Waals surface area contributed by atoms with E-state index in [1.54, 1.807) is 11.4 Å². The van der Waals surface area contributed by atoms with E-state index >= 15 is 0 Å². The average molecular weight is 396 g/mol. The Morgan fingerprint density at radius 3 is 2.89 bits per heavy atom. The molecule has 5 nitrogen and oxygen atoms in total. The molecule has 0 bridgehead atoms. The van der Waals surface area contributed by atoms with Crippen LogP contribution in [0.25, 0.3) is 0 Å². The minimum Gasteiger partial charge on any atom is -0.481 e. The van der Waals surface area contributed by atoms with Crippen LogP contribution in [0.4, 0.5) is 5.95 Å². The van der Waals surface area contributed by atoms with Crippen molar-refractivity contribution >= 4 is 57.4 Å². The number of amides is 1. The molecule has 0 saturated carbocycles. The van der Waals surface area contributed by atoms with Crippen molar-refractivity contribution in [2.75, 3.05) is 12.4 Å². The second-order valence-corrected chi connectivity index (χ2v) is 6.34. The molecule has 0 aliphatic rings. The SMILES string of the molecule is COc1cc(Cl)nc(NC(=O)c2csc(I)c2)n1. The van der Waals surface area contributed by atoms with Crippen molar-refractivity contribution in [1.29, 1.82) is 0 Å². The van der Waals surface area contributed by atoms with Gasteiger partial charge >= 0.3 is 0 Å². The second kappa shape index (κ2) is 5.81. The number of anilines is 1. The Bertz CT molecular complexity index is 590. The lowest BCUT2D eigenvalue weighted by atomic mass is 10.3. The smallest absolute Gasteiger partial charge is 0.258 e. The molecule has 0 aliphatic heterocycles. The van der Waals surface area contributed by atoms with E-state index in [2.05, 4.69) is 37.9 Å². The van der Waals surface area contributed by atoms with Crippen LogP contribution < -0.4 is 10.1 Å². The first kappa shape index (κ1) is 13.5. The molecular weight excluding hydrogens is 389 g/mol. The van der Waals surface area contributed by atoms with Gasteiger partial charge in [0.05, 0.1) is 15.6 Å².